The number of rotatable bonds is 8. The molecule has 0 spiro atoms. The Labute approximate surface area is 206 Å². The van der Waals surface area contributed by atoms with Gasteiger partial charge in [0.1, 0.15) is 5.75 Å². The lowest BCUT2D eigenvalue weighted by Gasteiger charge is -2.14. The highest BCUT2D eigenvalue weighted by Gasteiger charge is 2.37. The van der Waals surface area contributed by atoms with Crippen molar-refractivity contribution in [3.05, 3.63) is 94.0 Å². The molecule has 35 heavy (non-hydrogen) atoms. The molecule has 1 aliphatic heterocycles. The maximum Gasteiger partial charge on any atom is 0.266 e. The van der Waals surface area contributed by atoms with Crippen molar-refractivity contribution in [2.45, 2.75) is 6.92 Å². The van der Waals surface area contributed by atoms with Gasteiger partial charge in [-0.15, -0.1) is 0 Å². The van der Waals surface area contributed by atoms with Gasteiger partial charge in [-0.2, -0.15) is 0 Å². The number of hydrogen-bond acceptors (Lipinski definition) is 5. The molecule has 0 aliphatic carbocycles. The molecule has 3 aromatic carbocycles. The van der Waals surface area contributed by atoms with Gasteiger partial charge in [-0.1, -0.05) is 23.7 Å². The number of nitrogens with zero attached hydrogens (tertiary/aromatic N) is 1. The van der Waals surface area contributed by atoms with Gasteiger partial charge >= 0.3 is 0 Å². The quantitative estimate of drug-likeness (QED) is 0.369. The summed E-state index contributed by atoms with van der Waals surface area (Å²) in [7, 11) is 0. The minimum absolute atomic E-state index is 0.156. The van der Waals surface area contributed by atoms with Crippen molar-refractivity contribution in [1.82, 2.24) is 10.6 Å². The highest BCUT2D eigenvalue weighted by atomic mass is 35.5. The van der Waals surface area contributed by atoms with Crippen LogP contribution in [0.4, 0.5) is 5.69 Å². The van der Waals surface area contributed by atoms with Crippen LogP contribution < -0.4 is 20.3 Å². The van der Waals surface area contributed by atoms with Crippen LogP contribution >= 0.6 is 11.6 Å². The zero-order chi connectivity index (χ0) is 24.9. The van der Waals surface area contributed by atoms with E-state index in [1.807, 2.05) is 6.92 Å². The van der Waals surface area contributed by atoms with Gasteiger partial charge in [0, 0.05) is 18.7 Å². The van der Waals surface area contributed by atoms with Crippen molar-refractivity contribution in [2.24, 2.45) is 0 Å². The maximum absolute atomic E-state index is 13.0. The Hall–Kier alpha value is -4.17. The summed E-state index contributed by atoms with van der Waals surface area (Å²) in [6.07, 6.45) is 0. The van der Waals surface area contributed by atoms with E-state index in [-0.39, 0.29) is 35.7 Å². The van der Waals surface area contributed by atoms with E-state index in [4.69, 9.17) is 16.3 Å². The number of benzene rings is 3. The van der Waals surface area contributed by atoms with Crippen LogP contribution in [0.25, 0.3) is 0 Å². The molecule has 4 rings (SSSR count). The minimum atomic E-state index is -0.504. The molecule has 1 heterocycles. The van der Waals surface area contributed by atoms with Crippen LogP contribution in [-0.4, -0.2) is 43.3 Å². The molecule has 4 amide bonds. The molecule has 9 heteroatoms. The summed E-state index contributed by atoms with van der Waals surface area (Å²) in [4.78, 5) is 51.7. The second-order valence-corrected chi connectivity index (χ2v) is 8.03. The van der Waals surface area contributed by atoms with E-state index in [2.05, 4.69) is 10.6 Å². The molecular formula is C26H22ClN3O5. The van der Waals surface area contributed by atoms with Crippen LogP contribution in [0.15, 0.2) is 66.7 Å². The summed E-state index contributed by atoms with van der Waals surface area (Å²) >= 11 is 6.01. The molecule has 0 atom stereocenters. The van der Waals surface area contributed by atoms with Crippen molar-refractivity contribution in [3.63, 3.8) is 0 Å². The predicted molar refractivity (Wildman–Crippen MR) is 131 cm³/mol. The normalized spacial score (nSPS) is 12.3. The van der Waals surface area contributed by atoms with E-state index in [0.29, 0.717) is 28.6 Å². The van der Waals surface area contributed by atoms with Gasteiger partial charge in [0.2, 0.25) is 0 Å². The summed E-state index contributed by atoms with van der Waals surface area (Å²) in [5.74, 6) is -1.10. The third-order valence-electron chi connectivity index (χ3n) is 5.37. The Bertz CT molecular complexity index is 1310. The Morgan fingerprint density at radius 3 is 2.20 bits per heavy atom. The van der Waals surface area contributed by atoms with Gasteiger partial charge in [0.15, 0.2) is 0 Å². The number of anilines is 1. The molecule has 0 saturated carbocycles. The van der Waals surface area contributed by atoms with Crippen LogP contribution in [0.5, 0.6) is 5.75 Å². The Morgan fingerprint density at radius 2 is 1.51 bits per heavy atom. The van der Waals surface area contributed by atoms with Gasteiger partial charge in [0.25, 0.3) is 23.6 Å². The highest BCUT2D eigenvalue weighted by molar-refractivity contribution is 6.35. The predicted octanol–water partition coefficient (Wildman–Crippen LogP) is 3.70. The lowest BCUT2D eigenvalue weighted by Crippen LogP contribution is -2.34. The molecule has 8 nitrogen and oxygen atoms in total. The van der Waals surface area contributed by atoms with Crippen molar-refractivity contribution in [2.75, 3.05) is 24.6 Å². The average Bonchev–Trinajstić information content (AvgIpc) is 3.12. The van der Waals surface area contributed by atoms with Crippen LogP contribution in [0, 0.1) is 0 Å². The molecule has 3 aromatic rings. The molecule has 1 aliphatic rings. The molecule has 2 N–H and O–H groups in total. The molecular weight excluding hydrogens is 470 g/mol. The van der Waals surface area contributed by atoms with Crippen molar-refractivity contribution in [1.29, 1.82) is 0 Å². The Balaban J connectivity index is 1.38. The molecule has 0 fully saturated rings. The standard InChI is InChI=1S/C26H22ClN3O5/c1-2-35-18-10-8-17(9-11-18)30-25(33)19-12-7-16(15-21(19)26(30)34)23(31)28-13-14-29-24(32)20-5-3-4-6-22(20)27/h3-12,15H,2,13-14H2,1H3,(H,28,31)(H,29,32). The maximum atomic E-state index is 13.0. The summed E-state index contributed by atoms with van der Waals surface area (Å²) in [5.41, 5.74) is 1.38. The Kier molecular flexibility index (Phi) is 7.12. The summed E-state index contributed by atoms with van der Waals surface area (Å²) in [6, 6.07) is 17.7. The second kappa shape index (κ2) is 10.4. The van der Waals surface area contributed by atoms with Crippen LogP contribution in [0.2, 0.25) is 5.02 Å². The van der Waals surface area contributed by atoms with Gasteiger partial charge in [-0.3, -0.25) is 19.2 Å². The monoisotopic (exact) mass is 491 g/mol. The van der Waals surface area contributed by atoms with Crippen molar-refractivity contribution >= 4 is 40.9 Å². The number of nitrogens with one attached hydrogen (secondary N) is 2. The first-order valence-electron chi connectivity index (χ1n) is 11.0. The zero-order valence-corrected chi connectivity index (χ0v) is 19.6. The summed E-state index contributed by atoms with van der Waals surface area (Å²) in [6.45, 7) is 2.72. The number of imide groups is 1. The van der Waals surface area contributed by atoms with E-state index in [1.54, 1.807) is 48.5 Å². The van der Waals surface area contributed by atoms with E-state index in [9.17, 15) is 19.2 Å². The van der Waals surface area contributed by atoms with Crippen molar-refractivity contribution < 1.29 is 23.9 Å². The first-order valence-corrected chi connectivity index (χ1v) is 11.3. The molecule has 0 radical (unpaired) electrons. The first-order chi connectivity index (χ1) is 16.9. The Morgan fingerprint density at radius 1 is 0.857 bits per heavy atom. The average molecular weight is 492 g/mol. The lowest BCUT2D eigenvalue weighted by atomic mass is 10.1. The summed E-state index contributed by atoms with van der Waals surface area (Å²) in [5, 5.41) is 5.71. The summed E-state index contributed by atoms with van der Waals surface area (Å²) < 4.78 is 5.40. The second-order valence-electron chi connectivity index (χ2n) is 7.62. The number of carbonyl (C=O) groups excluding carboxylic acids is 4. The number of fused-ring (bicyclic) bond motifs is 1. The molecule has 0 bridgehead atoms. The van der Waals surface area contributed by atoms with Crippen LogP contribution in [0.1, 0.15) is 48.4 Å². The SMILES string of the molecule is CCOc1ccc(N2C(=O)c3ccc(C(=O)NCCNC(=O)c4ccccc4Cl)cc3C2=O)cc1. The molecule has 178 valence electrons. The zero-order valence-electron chi connectivity index (χ0n) is 18.8. The van der Waals surface area contributed by atoms with Crippen molar-refractivity contribution in [3.8, 4) is 5.75 Å². The number of amides is 4. The smallest absolute Gasteiger partial charge is 0.266 e. The van der Waals surface area contributed by atoms with E-state index in [0.717, 1.165) is 4.90 Å². The fraction of sp³-hybridized carbons (Fsp3) is 0.154. The van der Waals surface area contributed by atoms with Gasteiger partial charge in [-0.05, 0) is 61.5 Å². The van der Waals surface area contributed by atoms with Gasteiger partial charge in [0.05, 0.1) is 34.0 Å². The van der Waals surface area contributed by atoms with E-state index >= 15 is 0 Å². The molecule has 0 unspecified atom stereocenters. The fourth-order valence-electron chi connectivity index (χ4n) is 3.67. The first kappa shape index (κ1) is 24.0. The highest BCUT2D eigenvalue weighted by Crippen LogP contribution is 2.30. The fourth-order valence-corrected chi connectivity index (χ4v) is 3.89. The number of ether oxygens (including phenoxy) is 1. The van der Waals surface area contributed by atoms with Crippen LogP contribution in [-0.2, 0) is 0 Å². The number of halogens is 1. The molecule has 0 saturated heterocycles. The molecule has 0 aromatic heterocycles. The van der Waals surface area contributed by atoms with E-state index < -0.39 is 17.7 Å². The van der Waals surface area contributed by atoms with E-state index in [1.165, 1.54) is 18.2 Å². The van der Waals surface area contributed by atoms with Crippen LogP contribution in [0.3, 0.4) is 0 Å². The number of carbonyl (C=O) groups is 4. The number of hydrogen-bond donors (Lipinski definition) is 2. The van der Waals surface area contributed by atoms with Gasteiger partial charge in [-0.25, -0.2) is 4.90 Å². The third kappa shape index (κ3) is 5.02. The topological polar surface area (TPSA) is 105 Å². The lowest BCUT2D eigenvalue weighted by molar-refractivity contribution is 0.0922. The van der Waals surface area contributed by atoms with Gasteiger partial charge < -0.3 is 15.4 Å². The minimum Gasteiger partial charge on any atom is -0.494 e. The third-order valence-corrected chi connectivity index (χ3v) is 5.70. The largest absolute Gasteiger partial charge is 0.494 e.